The first-order valence-electron chi connectivity index (χ1n) is 13.0. The van der Waals surface area contributed by atoms with Gasteiger partial charge in [0.15, 0.2) is 0 Å². The molecule has 1 heterocycles. The molecule has 196 valence electrons. The van der Waals surface area contributed by atoms with E-state index in [9.17, 15) is 9.59 Å². The van der Waals surface area contributed by atoms with Gasteiger partial charge in [-0.1, -0.05) is 66.2 Å². The lowest BCUT2D eigenvalue weighted by atomic mass is 9.68. The summed E-state index contributed by atoms with van der Waals surface area (Å²) >= 11 is 6.40. The second-order valence-electron chi connectivity index (χ2n) is 11.3. The maximum absolute atomic E-state index is 13.6. The van der Waals surface area contributed by atoms with Crippen molar-refractivity contribution in [3.8, 4) is 0 Å². The fraction of sp³-hybridized carbons (Fsp3) is 0.419. The maximum atomic E-state index is 13.6. The molecule has 1 fully saturated rings. The second-order valence-corrected chi connectivity index (χ2v) is 11.7. The summed E-state index contributed by atoms with van der Waals surface area (Å²) in [6.45, 7) is 10.2. The molecule has 2 amide bonds. The van der Waals surface area contributed by atoms with Gasteiger partial charge in [-0.2, -0.15) is 0 Å². The van der Waals surface area contributed by atoms with Crippen LogP contribution in [-0.2, 0) is 14.9 Å². The molecule has 3 unspecified atom stereocenters. The van der Waals surface area contributed by atoms with Crippen molar-refractivity contribution < 1.29 is 14.3 Å². The normalized spacial score (nSPS) is 20.9. The molecule has 3 atom stereocenters. The van der Waals surface area contributed by atoms with E-state index in [0.29, 0.717) is 30.8 Å². The maximum Gasteiger partial charge on any atom is 0.410 e. The van der Waals surface area contributed by atoms with Gasteiger partial charge in [0, 0.05) is 29.4 Å². The van der Waals surface area contributed by atoms with Crippen LogP contribution in [0.2, 0.25) is 5.02 Å². The van der Waals surface area contributed by atoms with Crippen molar-refractivity contribution >= 4 is 34.4 Å². The molecule has 6 heteroatoms. The highest BCUT2D eigenvalue weighted by atomic mass is 35.5. The zero-order valence-corrected chi connectivity index (χ0v) is 23.1. The SMILES string of the molecule is CC(NC(=O)CC1(c2ccccc2)CCN(C(=O)OC(C)(C)C)C(C)C1)c1cc(Cl)cc2ccccc12. The molecular weight excluding hydrogens is 484 g/mol. The molecule has 1 aliphatic heterocycles. The van der Waals surface area contributed by atoms with Crippen molar-refractivity contribution in [3.05, 3.63) is 82.9 Å². The minimum atomic E-state index is -0.550. The zero-order valence-electron chi connectivity index (χ0n) is 22.4. The average Bonchev–Trinajstić information content (AvgIpc) is 2.82. The monoisotopic (exact) mass is 520 g/mol. The van der Waals surface area contributed by atoms with Crippen LogP contribution in [0, 0.1) is 0 Å². The van der Waals surface area contributed by atoms with Gasteiger partial charge < -0.3 is 15.0 Å². The van der Waals surface area contributed by atoms with Gasteiger partial charge >= 0.3 is 6.09 Å². The summed E-state index contributed by atoms with van der Waals surface area (Å²) in [7, 11) is 0. The third kappa shape index (κ3) is 6.27. The number of nitrogens with one attached hydrogen (secondary N) is 1. The molecule has 0 bridgehead atoms. The van der Waals surface area contributed by atoms with Crippen LogP contribution < -0.4 is 5.32 Å². The van der Waals surface area contributed by atoms with E-state index >= 15 is 0 Å². The largest absolute Gasteiger partial charge is 0.444 e. The van der Waals surface area contributed by atoms with Gasteiger partial charge in [-0.05, 0) is 81.5 Å². The van der Waals surface area contributed by atoms with Crippen LogP contribution in [0.3, 0.4) is 0 Å². The highest BCUT2D eigenvalue weighted by Gasteiger charge is 2.43. The van der Waals surface area contributed by atoms with E-state index in [4.69, 9.17) is 16.3 Å². The van der Waals surface area contributed by atoms with E-state index in [1.807, 2.05) is 83.1 Å². The minimum Gasteiger partial charge on any atom is -0.444 e. The number of halogens is 1. The van der Waals surface area contributed by atoms with Crippen LogP contribution in [0.4, 0.5) is 4.79 Å². The van der Waals surface area contributed by atoms with Crippen LogP contribution in [0.1, 0.15) is 71.0 Å². The predicted molar refractivity (Wildman–Crippen MR) is 150 cm³/mol. The van der Waals surface area contributed by atoms with Gasteiger partial charge in [0.05, 0.1) is 6.04 Å². The van der Waals surface area contributed by atoms with Crippen molar-refractivity contribution in [2.24, 2.45) is 0 Å². The third-order valence-corrected chi connectivity index (χ3v) is 7.48. The Bertz CT molecular complexity index is 1270. The molecule has 3 aromatic carbocycles. The lowest BCUT2D eigenvalue weighted by molar-refractivity contribution is -0.123. The van der Waals surface area contributed by atoms with E-state index < -0.39 is 5.60 Å². The lowest BCUT2D eigenvalue weighted by Crippen LogP contribution is -2.52. The van der Waals surface area contributed by atoms with Gasteiger partial charge in [-0.15, -0.1) is 0 Å². The fourth-order valence-corrected chi connectivity index (χ4v) is 5.81. The number of hydrogen-bond donors (Lipinski definition) is 1. The van der Waals surface area contributed by atoms with Gasteiger partial charge in [0.2, 0.25) is 5.91 Å². The van der Waals surface area contributed by atoms with E-state index in [0.717, 1.165) is 21.9 Å². The van der Waals surface area contributed by atoms with Gasteiger partial charge in [-0.25, -0.2) is 4.79 Å². The number of benzene rings is 3. The number of amides is 2. The summed E-state index contributed by atoms with van der Waals surface area (Å²) in [6, 6.07) is 21.9. The predicted octanol–water partition coefficient (Wildman–Crippen LogP) is 7.42. The van der Waals surface area contributed by atoms with Crippen molar-refractivity contribution in [3.63, 3.8) is 0 Å². The number of hydrogen-bond acceptors (Lipinski definition) is 3. The van der Waals surface area contributed by atoms with Crippen LogP contribution in [-0.4, -0.2) is 35.1 Å². The Morgan fingerprint density at radius 3 is 2.46 bits per heavy atom. The Kier molecular flexibility index (Phi) is 7.84. The summed E-state index contributed by atoms with van der Waals surface area (Å²) in [6.07, 6.45) is 1.40. The standard InChI is InChI=1S/C31H37ClN2O3/c1-21-19-31(24-12-7-6-8-13-24,15-16-34(21)29(36)37-30(3,4)5)20-28(35)33-22(2)27-18-25(32)17-23-11-9-10-14-26(23)27/h6-14,17-18,21-22H,15-16,19-20H2,1-5H3,(H,33,35). The Morgan fingerprint density at radius 1 is 1.11 bits per heavy atom. The number of carbonyl (C=O) groups is 2. The molecule has 1 saturated heterocycles. The van der Waals surface area contributed by atoms with Crippen molar-refractivity contribution in [2.45, 2.75) is 77.0 Å². The van der Waals surface area contributed by atoms with Crippen molar-refractivity contribution in [1.29, 1.82) is 0 Å². The summed E-state index contributed by atoms with van der Waals surface area (Å²) < 4.78 is 5.65. The van der Waals surface area contributed by atoms with Gasteiger partial charge in [-0.3, -0.25) is 4.79 Å². The zero-order chi connectivity index (χ0) is 26.8. The average molecular weight is 521 g/mol. The van der Waals surface area contributed by atoms with Crippen LogP contribution >= 0.6 is 11.6 Å². The van der Waals surface area contributed by atoms with Gasteiger partial charge in [0.1, 0.15) is 5.60 Å². The number of likely N-dealkylation sites (tertiary alicyclic amines) is 1. The number of rotatable bonds is 5. The van der Waals surface area contributed by atoms with E-state index in [1.165, 1.54) is 0 Å². The summed E-state index contributed by atoms with van der Waals surface area (Å²) in [5, 5.41) is 6.02. The van der Waals surface area contributed by atoms with E-state index in [1.54, 1.807) is 4.90 Å². The molecule has 0 saturated carbocycles. The molecule has 4 rings (SSSR count). The molecule has 1 aliphatic rings. The van der Waals surface area contributed by atoms with Crippen molar-refractivity contribution in [1.82, 2.24) is 10.2 Å². The van der Waals surface area contributed by atoms with Crippen LogP contribution in [0.15, 0.2) is 66.7 Å². The molecule has 0 spiro atoms. The summed E-state index contributed by atoms with van der Waals surface area (Å²) in [5.74, 6) is -0.0154. The number of fused-ring (bicyclic) bond motifs is 1. The topological polar surface area (TPSA) is 58.6 Å². The molecule has 0 radical (unpaired) electrons. The second kappa shape index (κ2) is 10.7. The Balaban J connectivity index is 1.55. The number of carbonyl (C=O) groups excluding carboxylic acids is 2. The van der Waals surface area contributed by atoms with Crippen molar-refractivity contribution in [2.75, 3.05) is 6.54 Å². The first-order valence-corrected chi connectivity index (χ1v) is 13.4. The molecule has 1 N–H and O–H groups in total. The minimum absolute atomic E-state index is 0.0154. The number of ether oxygens (including phenoxy) is 1. The van der Waals surface area contributed by atoms with Gasteiger partial charge in [0.25, 0.3) is 0 Å². The highest BCUT2D eigenvalue weighted by Crippen LogP contribution is 2.42. The van der Waals surface area contributed by atoms with E-state index in [-0.39, 0.29) is 29.5 Å². The third-order valence-electron chi connectivity index (χ3n) is 7.27. The molecular formula is C31H37ClN2O3. The lowest BCUT2D eigenvalue weighted by Gasteiger charge is -2.46. The highest BCUT2D eigenvalue weighted by molar-refractivity contribution is 6.31. The number of piperidine rings is 1. The molecule has 0 aliphatic carbocycles. The smallest absolute Gasteiger partial charge is 0.410 e. The molecule has 3 aromatic rings. The Labute approximate surface area is 225 Å². The molecule has 0 aromatic heterocycles. The summed E-state index contributed by atoms with van der Waals surface area (Å²) in [5.41, 5.74) is 1.20. The quantitative estimate of drug-likeness (QED) is 0.381. The van der Waals surface area contributed by atoms with Crippen LogP contribution in [0.25, 0.3) is 10.8 Å². The van der Waals surface area contributed by atoms with Crippen LogP contribution in [0.5, 0.6) is 0 Å². The first-order chi connectivity index (χ1) is 17.5. The Hall–Kier alpha value is -3.05. The Morgan fingerprint density at radius 2 is 1.78 bits per heavy atom. The summed E-state index contributed by atoms with van der Waals surface area (Å²) in [4.78, 5) is 28.2. The molecule has 37 heavy (non-hydrogen) atoms. The number of nitrogens with zero attached hydrogens (tertiary/aromatic N) is 1. The first kappa shape index (κ1) is 27.0. The fourth-order valence-electron chi connectivity index (χ4n) is 5.58. The van der Waals surface area contributed by atoms with E-state index in [2.05, 4.69) is 23.5 Å². The molecule has 5 nitrogen and oxygen atoms in total.